The van der Waals surface area contributed by atoms with Gasteiger partial charge in [-0.2, -0.15) is 8.42 Å². The summed E-state index contributed by atoms with van der Waals surface area (Å²) in [6, 6.07) is 37.3. The van der Waals surface area contributed by atoms with E-state index in [-0.39, 0.29) is 0 Å². The van der Waals surface area contributed by atoms with Gasteiger partial charge in [0, 0.05) is 14.7 Å². The molecule has 29 heavy (non-hydrogen) atoms. The van der Waals surface area contributed by atoms with Gasteiger partial charge < -0.3 is 0 Å². The molecule has 0 spiro atoms. The quantitative estimate of drug-likeness (QED) is 0.363. The smallest absolute Gasteiger partial charge is 0.261 e. The minimum absolute atomic E-state index is 0.715. The number of rotatable bonds is 4. The SMILES string of the molecule is CS(=O)(=O)O.c1ccc(S(c2ccccc2)(c2ccccc2)c2cccs2)cc1. The lowest BCUT2D eigenvalue weighted by Gasteiger charge is -2.40. The maximum absolute atomic E-state index is 9.19. The Labute approximate surface area is 177 Å². The second-order valence-electron chi connectivity index (χ2n) is 6.22. The molecule has 0 saturated heterocycles. The predicted octanol–water partition coefficient (Wildman–Crippen LogP) is 6.59. The molecule has 150 valence electrons. The summed E-state index contributed by atoms with van der Waals surface area (Å²) in [5, 5.41) is 2.19. The summed E-state index contributed by atoms with van der Waals surface area (Å²) in [5.74, 6) is 0. The zero-order valence-corrected chi connectivity index (χ0v) is 18.3. The van der Waals surface area contributed by atoms with E-state index in [1.807, 2.05) is 11.3 Å². The monoisotopic (exact) mass is 442 g/mol. The maximum Gasteiger partial charge on any atom is 0.261 e. The maximum atomic E-state index is 9.19. The summed E-state index contributed by atoms with van der Waals surface area (Å²) >= 11 is 1.85. The number of hydrogen-bond acceptors (Lipinski definition) is 3. The fraction of sp³-hybridized carbons (Fsp3) is 0.0435. The highest BCUT2D eigenvalue weighted by molar-refractivity contribution is 8.35. The molecule has 0 aliphatic rings. The molecule has 0 aliphatic heterocycles. The van der Waals surface area contributed by atoms with Crippen molar-refractivity contribution in [1.29, 1.82) is 0 Å². The average molecular weight is 443 g/mol. The summed E-state index contributed by atoms with van der Waals surface area (Å²) < 4.78 is 27.3. The Morgan fingerprint density at radius 3 is 1.24 bits per heavy atom. The molecule has 3 aromatic carbocycles. The van der Waals surface area contributed by atoms with Gasteiger partial charge in [0.2, 0.25) is 0 Å². The van der Waals surface area contributed by atoms with Crippen LogP contribution in [-0.2, 0) is 10.1 Å². The van der Waals surface area contributed by atoms with E-state index in [1.165, 1.54) is 18.9 Å². The van der Waals surface area contributed by atoms with E-state index in [0.29, 0.717) is 6.26 Å². The number of hydrogen-bond donors (Lipinski definition) is 1. The lowest BCUT2D eigenvalue weighted by molar-refractivity contribution is 0.490. The molecule has 0 amide bonds. The largest absolute Gasteiger partial charge is 0.286 e. The predicted molar refractivity (Wildman–Crippen MR) is 122 cm³/mol. The first kappa shape index (κ1) is 21.3. The van der Waals surface area contributed by atoms with Crippen molar-refractivity contribution in [3.8, 4) is 0 Å². The zero-order chi connectivity index (χ0) is 20.7. The molecule has 4 rings (SSSR count). The Morgan fingerprint density at radius 2 is 0.966 bits per heavy atom. The molecule has 1 heterocycles. The van der Waals surface area contributed by atoms with Gasteiger partial charge >= 0.3 is 0 Å². The third-order valence-electron chi connectivity index (χ3n) is 4.09. The first-order chi connectivity index (χ1) is 13.9. The van der Waals surface area contributed by atoms with Crippen LogP contribution in [0.15, 0.2) is 127 Å². The first-order valence-electron chi connectivity index (χ1n) is 8.87. The number of thiophene rings is 1. The van der Waals surface area contributed by atoms with E-state index < -0.39 is 20.1 Å². The molecular formula is C23H22O3S3. The van der Waals surface area contributed by atoms with Gasteiger partial charge in [-0.15, -0.1) is 21.4 Å². The Hall–Kier alpha value is -2.38. The normalized spacial score (nSPS) is 11.9. The van der Waals surface area contributed by atoms with E-state index in [9.17, 15) is 8.42 Å². The van der Waals surface area contributed by atoms with E-state index in [4.69, 9.17) is 4.55 Å². The average Bonchev–Trinajstić information content (AvgIpc) is 3.25. The van der Waals surface area contributed by atoms with Crippen molar-refractivity contribution in [3.05, 3.63) is 109 Å². The van der Waals surface area contributed by atoms with Crippen molar-refractivity contribution in [2.75, 3.05) is 6.26 Å². The van der Waals surface area contributed by atoms with Crippen LogP contribution < -0.4 is 0 Å². The van der Waals surface area contributed by atoms with Gasteiger partial charge in [-0.25, -0.2) is 0 Å². The van der Waals surface area contributed by atoms with Gasteiger partial charge in [-0.1, -0.05) is 60.7 Å². The highest BCUT2D eigenvalue weighted by Crippen LogP contribution is 2.74. The summed E-state index contributed by atoms with van der Waals surface area (Å²) in [7, 11) is -5.12. The van der Waals surface area contributed by atoms with Crippen LogP contribution in [-0.4, -0.2) is 19.2 Å². The van der Waals surface area contributed by atoms with E-state index in [1.54, 1.807) is 0 Å². The summed E-state index contributed by atoms with van der Waals surface area (Å²) in [4.78, 5) is 4.14. The highest BCUT2D eigenvalue weighted by atomic mass is 32.3. The van der Waals surface area contributed by atoms with Crippen molar-refractivity contribution in [2.45, 2.75) is 18.9 Å². The molecule has 4 aromatic rings. The third kappa shape index (κ3) is 5.16. The summed E-state index contributed by atoms with van der Waals surface area (Å²) in [5.41, 5.74) is 0. The van der Waals surface area contributed by atoms with Gasteiger partial charge in [0.1, 0.15) is 0 Å². The summed E-state index contributed by atoms with van der Waals surface area (Å²) in [6.07, 6.45) is 0.715. The van der Waals surface area contributed by atoms with Crippen LogP contribution in [0.2, 0.25) is 0 Å². The molecule has 0 unspecified atom stereocenters. The Bertz CT molecular complexity index is 1010. The van der Waals surface area contributed by atoms with Gasteiger partial charge in [0.05, 0.1) is 10.5 Å². The van der Waals surface area contributed by atoms with E-state index >= 15 is 0 Å². The van der Waals surface area contributed by atoms with E-state index in [2.05, 4.69) is 109 Å². The number of benzene rings is 3. The molecule has 1 N–H and O–H groups in total. The Balaban J connectivity index is 0.000000431. The molecule has 0 aliphatic carbocycles. The van der Waals surface area contributed by atoms with Gasteiger partial charge in [-0.3, -0.25) is 4.55 Å². The van der Waals surface area contributed by atoms with Gasteiger partial charge in [0.15, 0.2) is 0 Å². The van der Waals surface area contributed by atoms with Crippen LogP contribution in [0, 0.1) is 0 Å². The van der Waals surface area contributed by atoms with Crippen LogP contribution in [0.4, 0.5) is 0 Å². The molecule has 1 aromatic heterocycles. The second kappa shape index (κ2) is 9.41. The molecule has 3 nitrogen and oxygen atoms in total. The molecular weight excluding hydrogens is 420 g/mol. The van der Waals surface area contributed by atoms with Crippen molar-refractivity contribution >= 4 is 31.5 Å². The summed E-state index contributed by atoms with van der Waals surface area (Å²) in [6.45, 7) is 0. The second-order valence-corrected chi connectivity index (χ2v) is 12.0. The fourth-order valence-corrected chi connectivity index (χ4v) is 8.62. The van der Waals surface area contributed by atoms with Crippen molar-refractivity contribution in [3.63, 3.8) is 0 Å². The minimum Gasteiger partial charge on any atom is -0.286 e. The first-order valence-corrected chi connectivity index (χ1v) is 13.2. The van der Waals surface area contributed by atoms with E-state index in [0.717, 1.165) is 0 Å². The Kier molecular flexibility index (Phi) is 6.92. The van der Waals surface area contributed by atoms with Crippen LogP contribution in [0.1, 0.15) is 0 Å². The third-order valence-corrected chi connectivity index (χ3v) is 9.46. The highest BCUT2D eigenvalue weighted by Gasteiger charge is 2.33. The van der Waals surface area contributed by atoms with Gasteiger partial charge in [-0.05, 0) is 47.8 Å². The fourth-order valence-electron chi connectivity index (χ4n) is 3.07. The van der Waals surface area contributed by atoms with Crippen molar-refractivity contribution in [1.82, 2.24) is 0 Å². The molecule has 0 bridgehead atoms. The lowest BCUT2D eigenvalue weighted by atomic mass is 10.4. The van der Waals surface area contributed by atoms with Crippen LogP contribution >= 0.6 is 21.4 Å². The molecule has 0 atom stereocenters. The topological polar surface area (TPSA) is 54.4 Å². The minimum atomic E-state index is -3.67. The van der Waals surface area contributed by atoms with Crippen LogP contribution in [0.5, 0.6) is 0 Å². The van der Waals surface area contributed by atoms with Crippen molar-refractivity contribution < 1.29 is 13.0 Å². The lowest BCUT2D eigenvalue weighted by Crippen LogP contribution is -2.03. The van der Waals surface area contributed by atoms with Crippen LogP contribution in [0.3, 0.4) is 0 Å². The standard InChI is InChI=1S/C22H18S2.CH4O3S/c1-4-11-19(12-5-1)24(22-17-10-18-23-22,20-13-6-2-7-14-20)21-15-8-3-9-16-21;1-5(2,3)4/h1-18H;1H3,(H,2,3,4). The molecule has 0 fully saturated rings. The van der Waals surface area contributed by atoms with Crippen molar-refractivity contribution in [2.24, 2.45) is 0 Å². The zero-order valence-electron chi connectivity index (χ0n) is 15.9. The van der Waals surface area contributed by atoms with Crippen LogP contribution in [0.25, 0.3) is 0 Å². The Morgan fingerprint density at radius 1 is 0.621 bits per heavy atom. The molecule has 0 saturated carbocycles. The van der Waals surface area contributed by atoms with Gasteiger partial charge in [0.25, 0.3) is 10.1 Å². The molecule has 6 heteroatoms. The molecule has 0 radical (unpaired) electrons.